The lowest BCUT2D eigenvalue weighted by Crippen LogP contribution is -2.24. The van der Waals surface area contributed by atoms with E-state index in [4.69, 9.17) is 4.74 Å². The van der Waals surface area contributed by atoms with Crippen LogP contribution in [0.5, 0.6) is 0 Å². The van der Waals surface area contributed by atoms with Crippen LogP contribution in [0.2, 0.25) is 0 Å². The van der Waals surface area contributed by atoms with Gasteiger partial charge in [-0.15, -0.1) is 0 Å². The van der Waals surface area contributed by atoms with E-state index in [1.807, 2.05) is 0 Å². The monoisotopic (exact) mass is 227 g/mol. The minimum absolute atomic E-state index is 0.567. The predicted molar refractivity (Wildman–Crippen MR) is 69.8 cm³/mol. The van der Waals surface area contributed by atoms with Gasteiger partial charge in [-0.2, -0.15) is 0 Å². The molecule has 0 heterocycles. The van der Waals surface area contributed by atoms with E-state index in [0.717, 1.165) is 6.61 Å². The van der Waals surface area contributed by atoms with Crippen molar-refractivity contribution in [3.8, 4) is 0 Å². The van der Waals surface area contributed by atoms with Crippen LogP contribution in [0.1, 0.15) is 64.7 Å². The molecule has 1 saturated carbocycles. The summed E-state index contributed by atoms with van der Waals surface area (Å²) in [5.41, 5.74) is 0. The SMILES string of the molecule is CCC(CCCOC1CCCCCC1)NC. The standard InChI is InChI=1S/C14H29NO/c1-3-13(15-2)9-8-12-16-14-10-6-4-5-7-11-14/h13-15H,3-12H2,1-2H3. The highest BCUT2D eigenvalue weighted by Gasteiger charge is 2.12. The number of ether oxygens (including phenoxy) is 1. The molecule has 1 aliphatic rings. The molecule has 0 aliphatic heterocycles. The van der Waals surface area contributed by atoms with Gasteiger partial charge < -0.3 is 10.1 Å². The largest absolute Gasteiger partial charge is 0.378 e. The molecule has 0 amide bonds. The van der Waals surface area contributed by atoms with Crippen LogP contribution in [0, 0.1) is 0 Å². The third-order valence-corrected chi connectivity index (χ3v) is 3.75. The van der Waals surface area contributed by atoms with Crippen molar-refractivity contribution in [1.29, 1.82) is 0 Å². The van der Waals surface area contributed by atoms with E-state index in [1.165, 1.54) is 57.8 Å². The lowest BCUT2D eigenvalue weighted by molar-refractivity contribution is 0.0399. The van der Waals surface area contributed by atoms with Crippen LogP contribution >= 0.6 is 0 Å². The smallest absolute Gasteiger partial charge is 0.0575 e. The zero-order chi connectivity index (χ0) is 11.6. The second kappa shape index (κ2) is 9.00. The second-order valence-electron chi connectivity index (χ2n) is 5.02. The first-order valence-corrected chi connectivity index (χ1v) is 7.15. The van der Waals surface area contributed by atoms with Crippen molar-refractivity contribution in [3.63, 3.8) is 0 Å². The fourth-order valence-electron chi connectivity index (χ4n) is 2.54. The highest BCUT2D eigenvalue weighted by molar-refractivity contribution is 4.65. The Morgan fingerprint density at radius 2 is 1.88 bits per heavy atom. The molecule has 0 radical (unpaired) electrons. The molecule has 1 fully saturated rings. The Morgan fingerprint density at radius 1 is 1.19 bits per heavy atom. The molecule has 0 aromatic rings. The van der Waals surface area contributed by atoms with Crippen molar-refractivity contribution in [1.82, 2.24) is 5.32 Å². The first kappa shape index (κ1) is 14.0. The Hall–Kier alpha value is -0.0800. The highest BCUT2D eigenvalue weighted by Crippen LogP contribution is 2.20. The zero-order valence-corrected chi connectivity index (χ0v) is 11.1. The molecule has 0 aromatic heterocycles. The van der Waals surface area contributed by atoms with Gasteiger partial charge in [-0.3, -0.25) is 0 Å². The van der Waals surface area contributed by atoms with Crippen molar-refractivity contribution in [3.05, 3.63) is 0 Å². The van der Waals surface area contributed by atoms with Gasteiger partial charge in [0.05, 0.1) is 6.10 Å². The molecular weight excluding hydrogens is 198 g/mol. The van der Waals surface area contributed by atoms with E-state index in [-0.39, 0.29) is 0 Å². The maximum absolute atomic E-state index is 5.97. The van der Waals surface area contributed by atoms with Crippen LogP contribution in [0.25, 0.3) is 0 Å². The van der Waals surface area contributed by atoms with Crippen LogP contribution in [-0.2, 0) is 4.74 Å². The van der Waals surface area contributed by atoms with E-state index < -0.39 is 0 Å². The van der Waals surface area contributed by atoms with Crippen LogP contribution in [0.3, 0.4) is 0 Å². The Morgan fingerprint density at radius 3 is 2.44 bits per heavy atom. The molecule has 2 nitrogen and oxygen atoms in total. The first-order valence-electron chi connectivity index (χ1n) is 7.15. The van der Waals surface area contributed by atoms with Gasteiger partial charge in [-0.05, 0) is 39.2 Å². The summed E-state index contributed by atoms with van der Waals surface area (Å²) in [6, 6.07) is 0.678. The van der Waals surface area contributed by atoms with E-state index >= 15 is 0 Å². The van der Waals surface area contributed by atoms with Crippen LogP contribution in [0.4, 0.5) is 0 Å². The van der Waals surface area contributed by atoms with Gasteiger partial charge in [0, 0.05) is 12.6 Å². The van der Waals surface area contributed by atoms with Gasteiger partial charge in [-0.1, -0.05) is 32.6 Å². The first-order chi connectivity index (χ1) is 7.86. The van der Waals surface area contributed by atoms with Gasteiger partial charge in [0.15, 0.2) is 0 Å². The Labute approximate surface area is 101 Å². The number of nitrogens with one attached hydrogen (secondary N) is 1. The lowest BCUT2D eigenvalue weighted by Gasteiger charge is -2.17. The van der Waals surface area contributed by atoms with Gasteiger partial charge in [0.25, 0.3) is 0 Å². The minimum atomic E-state index is 0.567. The van der Waals surface area contributed by atoms with Crippen molar-refractivity contribution < 1.29 is 4.74 Å². The van der Waals surface area contributed by atoms with Crippen LogP contribution in [0.15, 0.2) is 0 Å². The summed E-state index contributed by atoms with van der Waals surface area (Å²) in [6.45, 7) is 3.20. The summed E-state index contributed by atoms with van der Waals surface area (Å²) in [5, 5.41) is 3.34. The van der Waals surface area contributed by atoms with E-state index in [2.05, 4.69) is 19.3 Å². The third-order valence-electron chi connectivity index (χ3n) is 3.75. The van der Waals surface area contributed by atoms with Gasteiger partial charge in [0.1, 0.15) is 0 Å². The average Bonchev–Trinajstić information content (AvgIpc) is 2.58. The topological polar surface area (TPSA) is 21.3 Å². The molecule has 0 spiro atoms. The fraction of sp³-hybridized carbons (Fsp3) is 1.00. The maximum Gasteiger partial charge on any atom is 0.0575 e. The minimum Gasteiger partial charge on any atom is -0.378 e. The third kappa shape index (κ3) is 5.86. The summed E-state index contributed by atoms with van der Waals surface area (Å²) < 4.78 is 5.97. The number of rotatable bonds is 7. The van der Waals surface area contributed by atoms with Gasteiger partial charge >= 0.3 is 0 Å². The molecule has 1 rings (SSSR count). The summed E-state index contributed by atoms with van der Waals surface area (Å²) in [6.07, 6.45) is 12.4. The van der Waals surface area contributed by atoms with Crippen molar-refractivity contribution in [2.75, 3.05) is 13.7 Å². The summed E-state index contributed by atoms with van der Waals surface area (Å²) >= 11 is 0. The molecule has 0 bridgehead atoms. The van der Waals surface area contributed by atoms with E-state index in [0.29, 0.717) is 12.1 Å². The average molecular weight is 227 g/mol. The molecule has 1 atom stereocenters. The van der Waals surface area contributed by atoms with Crippen LogP contribution in [-0.4, -0.2) is 25.8 Å². The molecular formula is C14H29NO. The highest BCUT2D eigenvalue weighted by atomic mass is 16.5. The van der Waals surface area contributed by atoms with Crippen molar-refractivity contribution in [2.45, 2.75) is 76.9 Å². The zero-order valence-electron chi connectivity index (χ0n) is 11.1. The van der Waals surface area contributed by atoms with Gasteiger partial charge in [-0.25, -0.2) is 0 Å². The molecule has 16 heavy (non-hydrogen) atoms. The van der Waals surface area contributed by atoms with Gasteiger partial charge in [0.2, 0.25) is 0 Å². The predicted octanol–water partition coefficient (Wildman–Crippen LogP) is 3.50. The maximum atomic E-state index is 5.97. The van der Waals surface area contributed by atoms with Crippen LogP contribution < -0.4 is 5.32 Å². The van der Waals surface area contributed by atoms with Crippen molar-refractivity contribution >= 4 is 0 Å². The summed E-state index contributed by atoms with van der Waals surface area (Å²) in [5.74, 6) is 0. The molecule has 0 saturated heterocycles. The molecule has 1 unspecified atom stereocenters. The molecule has 96 valence electrons. The Balaban J connectivity index is 2.00. The van der Waals surface area contributed by atoms with Crippen molar-refractivity contribution in [2.24, 2.45) is 0 Å². The lowest BCUT2D eigenvalue weighted by atomic mass is 10.1. The quantitative estimate of drug-likeness (QED) is 0.531. The summed E-state index contributed by atoms with van der Waals surface area (Å²) in [7, 11) is 2.06. The molecule has 1 aliphatic carbocycles. The Kier molecular flexibility index (Phi) is 7.87. The van der Waals surface area contributed by atoms with E-state index in [9.17, 15) is 0 Å². The second-order valence-corrected chi connectivity index (χ2v) is 5.02. The fourth-order valence-corrected chi connectivity index (χ4v) is 2.54. The van der Waals surface area contributed by atoms with E-state index in [1.54, 1.807) is 0 Å². The Bertz CT molecular complexity index is 149. The molecule has 2 heteroatoms. The molecule has 0 aromatic carbocycles. The number of hydrogen-bond acceptors (Lipinski definition) is 2. The molecule has 1 N–H and O–H groups in total. The normalized spacial score (nSPS) is 20.6. The number of hydrogen-bond donors (Lipinski definition) is 1. The summed E-state index contributed by atoms with van der Waals surface area (Å²) in [4.78, 5) is 0.